The van der Waals surface area contributed by atoms with Crippen molar-refractivity contribution in [1.29, 1.82) is 0 Å². The number of aromatic nitrogens is 3. The van der Waals surface area contributed by atoms with Crippen molar-refractivity contribution in [3.05, 3.63) is 212 Å². The first-order chi connectivity index (χ1) is 29.7. The molecule has 0 fully saturated rings. The van der Waals surface area contributed by atoms with E-state index in [-0.39, 0.29) is 0 Å². The zero-order valence-electron chi connectivity index (χ0n) is 32.5. The van der Waals surface area contributed by atoms with Gasteiger partial charge in [-0.15, -0.1) is 0 Å². The molecule has 1 aliphatic rings. The van der Waals surface area contributed by atoms with Gasteiger partial charge in [0.1, 0.15) is 0 Å². The number of fused-ring (bicyclic) bond motifs is 9. The van der Waals surface area contributed by atoms with Crippen molar-refractivity contribution in [3.63, 3.8) is 0 Å². The maximum absolute atomic E-state index is 5.18. The molecule has 0 bridgehead atoms. The Morgan fingerprint density at radius 3 is 1.50 bits per heavy atom. The molecule has 9 aromatic carbocycles. The van der Waals surface area contributed by atoms with E-state index in [1.54, 1.807) is 0 Å². The van der Waals surface area contributed by atoms with Gasteiger partial charge in [-0.2, -0.15) is 0 Å². The summed E-state index contributed by atoms with van der Waals surface area (Å²) in [7, 11) is 0. The third-order valence-corrected chi connectivity index (χ3v) is 12.7. The first kappa shape index (κ1) is 33.0. The molecule has 0 atom stereocenters. The summed E-state index contributed by atoms with van der Waals surface area (Å²) < 4.78 is 4.80. The molecule has 0 radical (unpaired) electrons. The molecule has 13 rings (SSSR count). The molecule has 12 aromatic rings. The summed E-state index contributed by atoms with van der Waals surface area (Å²) in [6.45, 7) is 0. The van der Waals surface area contributed by atoms with Crippen LogP contribution in [-0.2, 0) is 0 Å². The second-order valence-corrected chi connectivity index (χ2v) is 15.9. The molecule has 0 saturated heterocycles. The van der Waals surface area contributed by atoms with E-state index in [0.29, 0.717) is 0 Å². The minimum Gasteiger partial charge on any atom is -0.309 e. The fourth-order valence-corrected chi connectivity index (χ4v) is 9.92. The van der Waals surface area contributed by atoms with Gasteiger partial charge in [-0.3, -0.25) is 0 Å². The van der Waals surface area contributed by atoms with Crippen LogP contribution in [0.1, 0.15) is 0 Å². The van der Waals surface area contributed by atoms with E-state index < -0.39 is 0 Å². The van der Waals surface area contributed by atoms with Crippen LogP contribution in [0.5, 0.6) is 0 Å². The van der Waals surface area contributed by atoms with Crippen LogP contribution in [0.2, 0.25) is 0 Å². The molecule has 60 heavy (non-hydrogen) atoms. The minimum absolute atomic E-state index is 0.991. The summed E-state index contributed by atoms with van der Waals surface area (Å²) in [6.07, 6.45) is 0. The molecule has 3 heterocycles. The molecule has 278 valence electrons. The number of rotatable bonds is 5. The normalized spacial score (nSPS) is 12.0. The Bertz CT molecular complexity index is 3700. The molecular formula is C57H35N3. The zero-order chi connectivity index (χ0) is 39.3. The molecule has 1 aliphatic carbocycles. The largest absolute Gasteiger partial charge is 0.309 e. The highest BCUT2D eigenvalue weighted by Gasteiger charge is 2.23. The molecule has 0 amide bonds. The quantitative estimate of drug-likeness (QED) is 0.171. The highest BCUT2D eigenvalue weighted by molar-refractivity contribution is 6.15. The number of pyridine rings is 1. The lowest BCUT2D eigenvalue weighted by atomic mass is 10.0. The van der Waals surface area contributed by atoms with Gasteiger partial charge in [-0.05, 0) is 117 Å². The van der Waals surface area contributed by atoms with E-state index in [4.69, 9.17) is 4.98 Å². The number of para-hydroxylation sites is 2. The molecule has 0 saturated carbocycles. The monoisotopic (exact) mass is 761 g/mol. The van der Waals surface area contributed by atoms with Gasteiger partial charge in [0, 0.05) is 43.9 Å². The fourth-order valence-electron chi connectivity index (χ4n) is 9.92. The van der Waals surface area contributed by atoms with Crippen molar-refractivity contribution in [2.75, 3.05) is 0 Å². The zero-order valence-corrected chi connectivity index (χ0v) is 32.5. The van der Waals surface area contributed by atoms with Gasteiger partial charge >= 0.3 is 0 Å². The van der Waals surface area contributed by atoms with Gasteiger partial charge in [0.25, 0.3) is 0 Å². The van der Waals surface area contributed by atoms with Crippen LogP contribution in [0, 0.1) is 0 Å². The second-order valence-electron chi connectivity index (χ2n) is 15.9. The molecule has 0 N–H and O–H groups in total. The summed E-state index contributed by atoms with van der Waals surface area (Å²) >= 11 is 0. The molecule has 0 unspecified atom stereocenters. The maximum Gasteiger partial charge on any atom is 0.0722 e. The van der Waals surface area contributed by atoms with E-state index in [9.17, 15) is 0 Å². The van der Waals surface area contributed by atoms with Crippen LogP contribution >= 0.6 is 0 Å². The van der Waals surface area contributed by atoms with E-state index in [2.05, 4.69) is 221 Å². The first-order valence-corrected chi connectivity index (χ1v) is 20.6. The molecule has 3 nitrogen and oxygen atoms in total. The Labute approximate surface area is 346 Å². The molecule has 3 heteroatoms. The molecule has 3 aromatic heterocycles. The Morgan fingerprint density at radius 1 is 0.283 bits per heavy atom. The Hall–Kier alpha value is -8.01. The average Bonchev–Trinajstić information content (AvgIpc) is 3.95. The van der Waals surface area contributed by atoms with Gasteiger partial charge in [0.2, 0.25) is 0 Å². The van der Waals surface area contributed by atoms with Crippen LogP contribution in [0.25, 0.3) is 122 Å². The van der Waals surface area contributed by atoms with Crippen LogP contribution in [0.4, 0.5) is 0 Å². The topological polar surface area (TPSA) is 22.8 Å². The summed E-state index contributed by atoms with van der Waals surface area (Å²) in [4.78, 5) is 5.18. The third kappa shape index (κ3) is 4.87. The summed E-state index contributed by atoms with van der Waals surface area (Å²) in [5.74, 6) is 0. The van der Waals surface area contributed by atoms with Crippen molar-refractivity contribution in [2.45, 2.75) is 0 Å². The number of nitrogens with zero attached hydrogens (tertiary/aromatic N) is 3. The first-order valence-electron chi connectivity index (χ1n) is 20.6. The number of benzene rings is 9. The Kier molecular flexibility index (Phi) is 7.01. The SMILES string of the molecule is c1ccc(-c2cccc(-n3c4ccccc4c4cc(-c5ccc6c(c5)c5ccccc5n6-c5ccc(-c6cc7c8c(cccc8n6)-c6ccccc6-7)cc5)ccc43)c2)cc1. The van der Waals surface area contributed by atoms with Crippen LogP contribution < -0.4 is 0 Å². The van der Waals surface area contributed by atoms with Gasteiger partial charge in [-0.25, -0.2) is 4.98 Å². The highest BCUT2D eigenvalue weighted by Crippen LogP contribution is 2.48. The van der Waals surface area contributed by atoms with Crippen molar-refractivity contribution in [3.8, 4) is 67.1 Å². The lowest BCUT2D eigenvalue weighted by Crippen LogP contribution is -1.94. The van der Waals surface area contributed by atoms with Crippen molar-refractivity contribution >= 4 is 54.5 Å². The molecular weight excluding hydrogens is 727 g/mol. The van der Waals surface area contributed by atoms with Gasteiger partial charge < -0.3 is 9.13 Å². The molecule has 0 spiro atoms. The second kappa shape index (κ2) is 12.7. The van der Waals surface area contributed by atoms with Gasteiger partial charge in [0.05, 0.1) is 33.3 Å². The summed E-state index contributed by atoms with van der Waals surface area (Å²) in [5, 5.41) is 6.22. The van der Waals surface area contributed by atoms with E-state index in [1.165, 1.54) is 93.5 Å². The van der Waals surface area contributed by atoms with Crippen LogP contribution in [0.15, 0.2) is 212 Å². The van der Waals surface area contributed by atoms with Crippen molar-refractivity contribution < 1.29 is 0 Å². The third-order valence-electron chi connectivity index (χ3n) is 12.7. The standard InChI is InChI=1S/C57H35N3/c1-2-12-36(13-3-1)38-14-10-15-42(32-38)60-54-23-9-7-19-46(54)49-34-40(27-31-56(49)60)39-26-30-55-48(33-39)45-18-6-8-22-53(45)59(55)41-28-24-37(25-29-41)52-35-50-44-17-5-4-16-43(44)47-20-11-21-51(58-52)57(47)50/h1-35H. The van der Waals surface area contributed by atoms with Crippen molar-refractivity contribution in [2.24, 2.45) is 0 Å². The van der Waals surface area contributed by atoms with Crippen LogP contribution in [-0.4, -0.2) is 14.1 Å². The average molecular weight is 762 g/mol. The van der Waals surface area contributed by atoms with E-state index >= 15 is 0 Å². The lowest BCUT2D eigenvalue weighted by Gasteiger charge is -2.11. The minimum atomic E-state index is 0.991. The molecule has 0 aliphatic heterocycles. The Morgan fingerprint density at radius 2 is 0.800 bits per heavy atom. The maximum atomic E-state index is 5.18. The number of hydrogen-bond acceptors (Lipinski definition) is 1. The summed E-state index contributed by atoms with van der Waals surface area (Å²) in [6, 6.07) is 77.3. The van der Waals surface area contributed by atoms with Crippen LogP contribution in [0.3, 0.4) is 0 Å². The summed E-state index contributed by atoms with van der Waals surface area (Å²) in [5.41, 5.74) is 20.1. The van der Waals surface area contributed by atoms with Gasteiger partial charge in [-0.1, -0.05) is 140 Å². The van der Waals surface area contributed by atoms with Gasteiger partial charge in [0.15, 0.2) is 0 Å². The fraction of sp³-hybridized carbons (Fsp3) is 0. The van der Waals surface area contributed by atoms with E-state index in [1.807, 2.05) is 0 Å². The van der Waals surface area contributed by atoms with Crippen molar-refractivity contribution in [1.82, 2.24) is 14.1 Å². The number of hydrogen-bond donors (Lipinski definition) is 0. The predicted molar refractivity (Wildman–Crippen MR) is 251 cm³/mol. The smallest absolute Gasteiger partial charge is 0.0722 e. The Balaban J connectivity index is 0.902. The van der Waals surface area contributed by atoms with E-state index in [0.717, 1.165) is 28.1 Å². The highest BCUT2D eigenvalue weighted by atomic mass is 15.0. The lowest BCUT2D eigenvalue weighted by molar-refractivity contribution is 1.18. The predicted octanol–water partition coefficient (Wildman–Crippen LogP) is 15.1.